The van der Waals surface area contributed by atoms with E-state index in [0.29, 0.717) is 55.0 Å². The number of pyridine rings is 2. The van der Waals surface area contributed by atoms with Crippen molar-refractivity contribution < 1.29 is 14.7 Å². The van der Waals surface area contributed by atoms with Crippen LogP contribution in [0.15, 0.2) is 30.7 Å². The van der Waals surface area contributed by atoms with E-state index in [2.05, 4.69) is 15.0 Å². The molecule has 0 aliphatic carbocycles. The fourth-order valence-electron chi connectivity index (χ4n) is 4.71. The van der Waals surface area contributed by atoms with Crippen LogP contribution in [-0.4, -0.2) is 79.1 Å². The topological polar surface area (TPSA) is 116 Å². The van der Waals surface area contributed by atoms with Gasteiger partial charge < -0.3 is 14.9 Å². The molecule has 3 aromatic rings. The number of carbonyl (C=O) groups excluding carboxylic acids is 2. The number of nitrogens with zero attached hydrogens (tertiary/aromatic N) is 7. The highest BCUT2D eigenvalue weighted by molar-refractivity contribution is 6.04. The summed E-state index contributed by atoms with van der Waals surface area (Å²) < 4.78 is 0. The Hall–Kier alpha value is -3.66. The van der Waals surface area contributed by atoms with Crippen molar-refractivity contribution in [3.63, 3.8) is 0 Å². The van der Waals surface area contributed by atoms with E-state index >= 15 is 0 Å². The summed E-state index contributed by atoms with van der Waals surface area (Å²) in [6.07, 6.45) is 5.51. The Morgan fingerprint density at radius 1 is 1.12 bits per heavy atom. The maximum absolute atomic E-state index is 13.4. The Morgan fingerprint density at radius 3 is 2.50 bits per heavy atom. The van der Waals surface area contributed by atoms with Gasteiger partial charge in [0.2, 0.25) is 0 Å². The van der Waals surface area contributed by atoms with E-state index in [4.69, 9.17) is 4.98 Å². The van der Waals surface area contributed by atoms with Crippen molar-refractivity contribution in [2.24, 2.45) is 0 Å². The van der Waals surface area contributed by atoms with Gasteiger partial charge in [0.1, 0.15) is 17.4 Å². The Bertz CT molecular complexity index is 1250. The summed E-state index contributed by atoms with van der Waals surface area (Å²) in [6, 6.07) is 3.61. The molecule has 0 spiro atoms. The molecule has 1 fully saturated rings. The minimum Gasteiger partial charge on any atom is -0.384 e. The maximum atomic E-state index is 13.4. The van der Waals surface area contributed by atoms with Crippen LogP contribution in [0.2, 0.25) is 0 Å². The Balaban J connectivity index is 1.56. The summed E-state index contributed by atoms with van der Waals surface area (Å²) in [5.74, 6) is 0.408. The molecular formula is C24H27N7O3. The number of urea groups is 1. The number of fused-ring (bicyclic) bond motifs is 3. The van der Waals surface area contributed by atoms with Gasteiger partial charge in [-0.05, 0) is 38.8 Å². The zero-order valence-electron chi connectivity index (χ0n) is 19.5. The number of aromatic nitrogens is 4. The third-order valence-electron chi connectivity index (χ3n) is 6.52. The molecule has 1 saturated heterocycles. The smallest absolute Gasteiger partial charge is 0.324 e. The molecule has 0 aromatic carbocycles. The minimum atomic E-state index is -1.02. The van der Waals surface area contributed by atoms with Crippen molar-refractivity contribution in [1.82, 2.24) is 29.7 Å². The van der Waals surface area contributed by atoms with Crippen LogP contribution in [0, 0.1) is 6.92 Å². The highest BCUT2D eigenvalue weighted by Gasteiger charge is 2.38. The second-order valence-corrected chi connectivity index (χ2v) is 8.96. The lowest BCUT2D eigenvalue weighted by Crippen LogP contribution is -2.55. The highest BCUT2D eigenvalue weighted by atomic mass is 16.3. The average molecular weight is 462 g/mol. The monoisotopic (exact) mass is 461 g/mol. The zero-order chi connectivity index (χ0) is 24.0. The van der Waals surface area contributed by atoms with Crippen LogP contribution in [0.5, 0.6) is 0 Å². The molecular weight excluding hydrogens is 434 g/mol. The van der Waals surface area contributed by atoms with E-state index in [0.717, 1.165) is 16.8 Å². The number of anilines is 1. The molecule has 3 amide bonds. The van der Waals surface area contributed by atoms with E-state index in [1.807, 2.05) is 30.2 Å². The van der Waals surface area contributed by atoms with Crippen molar-refractivity contribution in [2.45, 2.75) is 45.4 Å². The van der Waals surface area contributed by atoms with Gasteiger partial charge in [-0.15, -0.1) is 0 Å². The number of aliphatic hydroxyl groups is 1. The molecule has 0 bridgehead atoms. The van der Waals surface area contributed by atoms with Crippen LogP contribution in [0.1, 0.15) is 31.2 Å². The third-order valence-corrected chi connectivity index (χ3v) is 6.52. The van der Waals surface area contributed by atoms with E-state index in [9.17, 15) is 14.7 Å². The molecule has 1 atom stereocenters. The van der Waals surface area contributed by atoms with Crippen molar-refractivity contribution in [3.05, 3.63) is 42.1 Å². The largest absolute Gasteiger partial charge is 0.384 e. The summed E-state index contributed by atoms with van der Waals surface area (Å²) in [6.45, 7) is 4.74. The fourth-order valence-corrected chi connectivity index (χ4v) is 4.71. The lowest BCUT2D eigenvalue weighted by atomic mass is 9.99. The molecule has 0 radical (unpaired) electrons. The number of likely N-dealkylation sites (tertiary alicyclic amines) is 1. The quantitative estimate of drug-likeness (QED) is 0.635. The number of piperidine rings is 1. The second-order valence-electron chi connectivity index (χ2n) is 8.96. The van der Waals surface area contributed by atoms with Gasteiger partial charge in [0.05, 0.1) is 23.4 Å². The SMILES string of the molecule is Cc1ncc(-c2ccc3ncc4c(c3n2)N(C2CCN(C(=O)[C@@H](C)O)CC2)C(=O)N(C)C4)cn1. The molecule has 5 rings (SSSR count). The molecule has 5 heterocycles. The molecule has 2 aliphatic rings. The van der Waals surface area contributed by atoms with Crippen LogP contribution >= 0.6 is 0 Å². The standard InChI is InChI=1S/C24H27N7O3/c1-14(32)23(33)30-8-6-18(7-9-30)31-22-17(13-29(3)24(31)34)12-27-20-5-4-19(28-21(20)22)16-10-25-15(2)26-11-16/h4-5,10-12,14,18,32H,6-9,13H2,1-3H3/t14-/m1/s1. The normalized spacial score (nSPS) is 17.8. The number of aryl methyl sites for hydroxylation is 1. The number of hydrogen-bond donors (Lipinski definition) is 1. The highest BCUT2D eigenvalue weighted by Crippen LogP contribution is 2.37. The first-order valence-electron chi connectivity index (χ1n) is 11.4. The average Bonchev–Trinajstić information content (AvgIpc) is 2.84. The second kappa shape index (κ2) is 8.60. The molecule has 34 heavy (non-hydrogen) atoms. The van der Waals surface area contributed by atoms with Crippen molar-refractivity contribution in [2.75, 3.05) is 25.0 Å². The van der Waals surface area contributed by atoms with Gasteiger partial charge in [0.25, 0.3) is 5.91 Å². The number of aliphatic hydroxyl groups excluding tert-OH is 1. The molecule has 0 saturated carbocycles. The Morgan fingerprint density at radius 2 is 1.82 bits per heavy atom. The van der Waals surface area contributed by atoms with Gasteiger partial charge in [-0.2, -0.15) is 0 Å². The maximum Gasteiger partial charge on any atom is 0.324 e. The predicted molar refractivity (Wildman–Crippen MR) is 126 cm³/mol. The van der Waals surface area contributed by atoms with Crippen LogP contribution in [-0.2, 0) is 11.3 Å². The summed E-state index contributed by atoms with van der Waals surface area (Å²) in [7, 11) is 1.78. The Kier molecular flexibility index (Phi) is 5.60. The third kappa shape index (κ3) is 3.83. The Labute approximate surface area is 197 Å². The van der Waals surface area contributed by atoms with Gasteiger partial charge in [0, 0.05) is 55.9 Å². The van der Waals surface area contributed by atoms with Gasteiger partial charge in [-0.25, -0.2) is 19.7 Å². The molecule has 1 N–H and O–H groups in total. The molecule has 0 unspecified atom stereocenters. The first-order valence-corrected chi connectivity index (χ1v) is 11.4. The van der Waals surface area contributed by atoms with Gasteiger partial charge >= 0.3 is 6.03 Å². The van der Waals surface area contributed by atoms with E-state index < -0.39 is 6.10 Å². The van der Waals surface area contributed by atoms with Crippen LogP contribution in [0.4, 0.5) is 10.5 Å². The van der Waals surface area contributed by atoms with Crippen molar-refractivity contribution >= 4 is 28.7 Å². The van der Waals surface area contributed by atoms with Crippen LogP contribution in [0.3, 0.4) is 0 Å². The molecule has 3 aromatic heterocycles. The number of hydrogen-bond acceptors (Lipinski definition) is 7. The fraction of sp³-hybridized carbons (Fsp3) is 0.417. The van der Waals surface area contributed by atoms with Crippen LogP contribution < -0.4 is 4.90 Å². The molecule has 176 valence electrons. The van der Waals surface area contributed by atoms with E-state index in [1.165, 1.54) is 6.92 Å². The van der Waals surface area contributed by atoms with Gasteiger partial charge in [-0.1, -0.05) is 0 Å². The predicted octanol–water partition coefficient (Wildman–Crippen LogP) is 2.14. The first-order chi connectivity index (χ1) is 16.3. The number of amides is 3. The number of rotatable bonds is 3. The summed E-state index contributed by atoms with van der Waals surface area (Å²) in [5, 5.41) is 9.66. The molecule has 10 nitrogen and oxygen atoms in total. The van der Waals surface area contributed by atoms with E-state index in [-0.39, 0.29) is 18.0 Å². The summed E-state index contributed by atoms with van der Waals surface area (Å²) >= 11 is 0. The first kappa shape index (κ1) is 22.1. The van der Waals surface area contributed by atoms with Gasteiger partial charge in [-0.3, -0.25) is 14.7 Å². The minimum absolute atomic E-state index is 0.0915. The zero-order valence-corrected chi connectivity index (χ0v) is 19.5. The van der Waals surface area contributed by atoms with Crippen LogP contribution in [0.25, 0.3) is 22.3 Å². The van der Waals surface area contributed by atoms with Gasteiger partial charge in [0.15, 0.2) is 0 Å². The number of carbonyl (C=O) groups is 2. The molecule has 10 heteroatoms. The van der Waals surface area contributed by atoms with E-state index in [1.54, 1.807) is 29.2 Å². The lowest BCUT2D eigenvalue weighted by molar-refractivity contribution is -0.140. The van der Waals surface area contributed by atoms with Crippen molar-refractivity contribution in [1.29, 1.82) is 0 Å². The molecule has 2 aliphatic heterocycles. The van der Waals surface area contributed by atoms with Crippen molar-refractivity contribution in [3.8, 4) is 11.3 Å². The lowest BCUT2D eigenvalue weighted by Gasteiger charge is -2.43. The summed E-state index contributed by atoms with van der Waals surface area (Å²) in [4.78, 5) is 48.9. The summed E-state index contributed by atoms with van der Waals surface area (Å²) in [5.41, 5.74) is 4.59.